The highest BCUT2D eigenvalue weighted by Crippen LogP contribution is 2.60. The van der Waals surface area contributed by atoms with Gasteiger partial charge in [0.1, 0.15) is 0 Å². The van der Waals surface area contributed by atoms with Gasteiger partial charge in [0.25, 0.3) is 0 Å². The van der Waals surface area contributed by atoms with E-state index < -0.39 is 5.41 Å². The Balaban J connectivity index is 1.80. The zero-order chi connectivity index (χ0) is 14.1. The molecule has 1 aromatic carbocycles. The van der Waals surface area contributed by atoms with Gasteiger partial charge in [-0.3, -0.25) is 9.59 Å². The molecule has 0 unspecified atom stereocenters. The number of carbonyl (C=O) groups excluding carboxylic acids is 2. The molecular weight excluding hydrogens is 365 g/mol. The summed E-state index contributed by atoms with van der Waals surface area (Å²) in [6.45, 7) is 1.97. The first-order valence-corrected chi connectivity index (χ1v) is 7.93. The molecule has 3 aliphatic rings. The predicted octanol–water partition coefficient (Wildman–Crippen LogP) is 2.99. The highest BCUT2D eigenvalue weighted by Gasteiger charge is 2.67. The summed E-state index contributed by atoms with van der Waals surface area (Å²) in [5, 5.41) is 0. The van der Waals surface area contributed by atoms with E-state index in [2.05, 4.69) is 34.7 Å². The lowest BCUT2D eigenvalue weighted by molar-refractivity contribution is -0.127. The topological polar surface area (TPSA) is 37.4 Å². The molecule has 0 spiro atoms. The average molecular weight is 379 g/mol. The summed E-state index contributed by atoms with van der Waals surface area (Å²) < 4.78 is 1.10. The zero-order valence-electron chi connectivity index (χ0n) is 11.0. The van der Waals surface area contributed by atoms with Crippen molar-refractivity contribution in [3.63, 3.8) is 0 Å². The van der Waals surface area contributed by atoms with Gasteiger partial charge in [0.2, 0.25) is 11.8 Å². The van der Waals surface area contributed by atoms with E-state index in [0.29, 0.717) is 5.69 Å². The molecule has 4 atom stereocenters. The van der Waals surface area contributed by atoms with Crippen LogP contribution in [0, 0.1) is 26.7 Å². The minimum absolute atomic E-state index is 0.0180. The molecule has 2 amide bonds. The van der Waals surface area contributed by atoms with Crippen molar-refractivity contribution in [1.29, 1.82) is 0 Å². The largest absolute Gasteiger partial charge is 0.274 e. The van der Waals surface area contributed by atoms with Gasteiger partial charge in [0.05, 0.1) is 17.0 Å². The molecule has 1 heterocycles. The third kappa shape index (κ3) is 1.35. The van der Waals surface area contributed by atoms with Crippen LogP contribution in [0.1, 0.15) is 13.3 Å². The van der Waals surface area contributed by atoms with Crippen LogP contribution in [0.15, 0.2) is 36.4 Å². The molecule has 102 valence electrons. The van der Waals surface area contributed by atoms with Crippen molar-refractivity contribution in [2.24, 2.45) is 23.2 Å². The second kappa shape index (κ2) is 3.93. The minimum Gasteiger partial charge on any atom is -0.274 e. The summed E-state index contributed by atoms with van der Waals surface area (Å²) in [5.74, 6) is 0.267. The van der Waals surface area contributed by atoms with E-state index in [1.165, 1.54) is 4.90 Å². The molecule has 2 fully saturated rings. The van der Waals surface area contributed by atoms with E-state index in [0.717, 1.165) is 9.99 Å². The van der Waals surface area contributed by atoms with Gasteiger partial charge in [-0.15, -0.1) is 0 Å². The molecule has 4 heteroatoms. The Morgan fingerprint density at radius 2 is 1.90 bits per heavy atom. The third-order valence-corrected chi connectivity index (χ3v) is 5.92. The molecule has 1 saturated heterocycles. The molecular formula is C16H14INO2. The summed E-state index contributed by atoms with van der Waals surface area (Å²) in [7, 11) is 0. The molecule has 0 radical (unpaired) electrons. The normalized spacial score (nSPS) is 37.9. The van der Waals surface area contributed by atoms with Crippen LogP contribution < -0.4 is 4.90 Å². The van der Waals surface area contributed by atoms with Crippen LogP contribution >= 0.6 is 22.6 Å². The number of benzene rings is 1. The van der Waals surface area contributed by atoms with E-state index in [1.807, 2.05) is 31.2 Å². The molecule has 1 aliphatic heterocycles. The van der Waals surface area contributed by atoms with Crippen LogP contribution in [0.25, 0.3) is 0 Å². The number of rotatable bonds is 1. The number of hydrogen-bond donors (Lipinski definition) is 0. The summed E-state index contributed by atoms with van der Waals surface area (Å²) >= 11 is 2.22. The smallest absolute Gasteiger partial charge is 0.241 e. The van der Waals surface area contributed by atoms with Gasteiger partial charge in [-0.05, 0) is 72.0 Å². The van der Waals surface area contributed by atoms with Crippen LogP contribution in [0.4, 0.5) is 5.69 Å². The number of imide groups is 1. The maximum absolute atomic E-state index is 12.9. The fourth-order valence-corrected chi connectivity index (χ4v) is 4.50. The maximum Gasteiger partial charge on any atom is 0.241 e. The zero-order valence-corrected chi connectivity index (χ0v) is 13.2. The van der Waals surface area contributed by atoms with Crippen LogP contribution in [-0.2, 0) is 9.59 Å². The van der Waals surface area contributed by atoms with Crippen molar-refractivity contribution >= 4 is 40.1 Å². The molecule has 1 aromatic rings. The Morgan fingerprint density at radius 3 is 2.55 bits per heavy atom. The predicted molar refractivity (Wildman–Crippen MR) is 84.0 cm³/mol. The Labute approximate surface area is 131 Å². The number of amides is 2. The van der Waals surface area contributed by atoms with Crippen molar-refractivity contribution in [3.8, 4) is 0 Å². The summed E-state index contributed by atoms with van der Waals surface area (Å²) in [5.41, 5.74) is 0.176. The number of carbonyl (C=O) groups is 2. The molecule has 20 heavy (non-hydrogen) atoms. The lowest BCUT2D eigenvalue weighted by atomic mass is 9.71. The quantitative estimate of drug-likeness (QED) is 0.428. The second-order valence-electron chi connectivity index (χ2n) is 6.11. The third-order valence-electron chi connectivity index (χ3n) is 5.20. The standard InChI is InChI=1S/C16H14INO2/c1-16-10-3-2-9(8-10)13(16)14(19)18(15(16)20)12-6-4-11(17)5-7-12/h2-7,9-10,13H,8H2,1H3/t9-,10-,13-,16-/m1/s1. The summed E-state index contributed by atoms with van der Waals surface area (Å²) in [4.78, 5) is 27.0. The highest BCUT2D eigenvalue weighted by atomic mass is 127. The number of hydrogen-bond acceptors (Lipinski definition) is 2. The van der Waals surface area contributed by atoms with Gasteiger partial charge in [-0.2, -0.15) is 0 Å². The van der Waals surface area contributed by atoms with E-state index in [4.69, 9.17) is 0 Å². The number of anilines is 1. The number of nitrogens with zero attached hydrogens (tertiary/aromatic N) is 1. The van der Waals surface area contributed by atoms with E-state index >= 15 is 0 Å². The van der Waals surface area contributed by atoms with Gasteiger partial charge in [-0.1, -0.05) is 12.2 Å². The van der Waals surface area contributed by atoms with Crippen LogP contribution in [0.3, 0.4) is 0 Å². The SMILES string of the molecule is C[C@]12C(=O)N(c3ccc(I)cc3)C(=O)[C@H]1[C@@H]1C=C[C@@H]2C1. The fraction of sp³-hybridized carbons (Fsp3) is 0.375. The van der Waals surface area contributed by atoms with Crippen LogP contribution in [-0.4, -0.2) is 11.8 Å². The summed E-state index contributed by atoms with van der Waals surface area (Å²) in [6, 6.07) is 7.58. The first kappa shape index (κ1) is 12.6. The van der Waals surface area contributed by atoms with Gasteiger partial charge < -0.3 is 0 Å². The van der Waals surface area contributed by atoms with Crippen molar-refractivity contribution < 1.29 is 9.59 Å². The van der Waals surface area contributed by atoms with Crippen LogP contribution in [0.2, 0.25) is 0 Å². The maximum atomic E-state index is 12.9. The first-order valence-electron chi connectivity index (χ1n) is 6.86. The van der Waals surface area contributed by atoms with Gasteiger partial charge in [-0.25, -0.2) is 4.90 Å². The molecule has 2 aliphatic carbocycles. The van der Waals surface area contributed by atoms with E-state index in [-0.39, 0.29) is 29.6 Å². The Bertz CT molecular complexity index is 651. The van der Waals surface area contributed by atoms with Crippen LogP contribution in [0.5, 0.6) is 0 Å². The Hall–Kier alpha value is -1.17. The monoisotopic (exact) mass is 379 g/mol. The average Bonchev–Trinajstić information content (AvgIpc) is 3.05. The molecule has 2 bridgehead atoms. The number of halogens is 1. The Kier molecular flexibility index (Phi) is 2.47. The lowest BCUT2D eigenvalue weighted by Gasteiger charge is -2.28. The van der Waals surface area contributed by atoms with Crippen molar-refractivity contribution in [2.45, 2.75) is 13.3 Å². The molecule has 3 nitrogen and oxygen atoms in total. The molecule has 0 aromatic heterocycles. The second-order valence-corrected chi connectivity index (χ2v) is 7.35. The van der Waals surface area contributed by atoms with E-state index in [9.17, 15) is 9.59 Å². The molecule has 1 saturated carbocycles. The molecule has 0 N–H and O–H groups in total. The molecule has 4 rings (SSSR count). The number of allylic oxidation sites excluding steroid dienone is 2. The van der Waals surface area contributed by atoms with Gasteiger partial charge in [0, 0.05) is 3.57 Å². The number of fused-ring (bicyclic) bond motifs is 5. The van der Waals surface area contributed by atoms with Gasteiger partial charge >= 0.3 is 0 Å². The first-order chi connectivity index (χ1) is 9.53. The highest BCUT2D eigenvalue weighted by molar-refractivity contribution is 14.1. The fourth-order valence-electron chi connectivity index (χ4n) is 4.14. The van der Waals surface area contributed by atoms with Crippen molar-refractivity contribution in [3.05, 3.63) is 40.0 Å². The summed E-state index contributed by atoms with van der Waals surface area (Å²) in [6.07, 6.45) is 5.21. The van der Waals surface area contributed by atoms with Gasteiger partial charge in [0.15, 0.2) is 0 Å². The lowest BCUT2D eigenvalue weighted by Crippen LogP contribution is -2.37. The van der Waals surface area contributed by atoms with Crippen molar-refractivity contribution in [2.75, 3.05) is 4.90 Å². The minimum atomic E-state index is -0.528. The Morgan fingerprint density at radius 1 is 1.20 bits per heavy atom. The van der Waals surface area contributed by atoms with Crippen molar-refractivity contribution in [1.82, 2.24) is 0 Å². The van der Waals surface area contributed by atoms with E-state index in [1.54, 1.807) is 0 Å².